The van der Waals surface area contributed by atoms with Gasteiger partial charge in [-0.05, 0) is 51.4 Å². The van der Waals surface area contributed by atoms with Gasteiger partial charge in [0.1, 0.15) is 0 Å². The standard InChI is InChI=1S/C13H24N2O/c1-8(2)15-13(16)11-6-9-4-3-5-10(7-11)12(9)14/h8-12H,3-7,14H2,1-2H3,(H,15,16). The molecule has 2 rings (SSSR count). The molecule has 1 amide bonds. The van der Waals surface area contributed by atoms with Gasteiger partial charge in [0.25, 0.3) is 0 Å². The highest BCUT2D eigenvalue weighted by Gasteiger charge is 2.40. The summed E-state index contributed by atoms with van der Waals surface area (Å²) in [6.07, 6.45) is 5.78. The van der Waals surface area contributed by atoms with Crippen molar-refractivity contribution in [2.45, 2.75) is 58.0 Å². The molecule has 2 aliphatic rings. The van der Waals surface area contributed by atoms with Crippen molar-refractivity contribution in [2.24, 2.45) is 23.5 Å². The lowest BCUT2D eigenvalue weighted by Crippen LogP contribution is -2.49. The highest BCUT2D eigenvalue weighted by atomic mass is 16.1. The molecule has 2 saturated carbocycles. The second-order valence-electron chi connectivity index (χ2n) is 5.86. The molecular formula is C13H24N2O. The van der Waals surface area contributed by atoms with E-state index >= 15 is 0 Å². The van der Waals surface area contributed by atoms with Crippen molar-refractivity contribution in [1.82, 2.24) is 5.32 Å². The van der Waals surface area contributed by atoms with E-state index in [4.69, 9.17) is 5.73 Å². The van der Waals surface area contributed by atoms with E-state index in [2.05, 4.69) is 5.32 Å². The third-order valence-corrected chi connectivity index (χ3v) is 4.21. The third-order valence-electron chi connectivity index (χ3n) is 4.21. The van der Waals surface area contributed by atoms with Gasteiger partial charge in [-0.1, -0.05) is 6.42 Å². The Kier molecular flexibility index (Phi) is 3.53. The fourth-order valence-corrected chi connectivity index (χ4v) is 3.41. The first-order valence-corrected chi connectivity index (χ1v) is 6.64. The summed E-state index contributed by atoms with van der Waals surface area (Å²) in [5.41, 5.74) is 6.22. The average Bonchev–Trinajstić information content (AvgIpc) is 2.15. The monoisotopic (exact) mass is 224 g/mol. The molecule has 0 aromatic heterocycles. The zero-order valence-electron chi connectivity index (χ0n) is 10.4. The van der Waals surface area contributed by atoms with E-state index in [9.17, 15) is 4.79 Å². The maximum absolute atomic E-state index is 12.0. The predicted molar refractivity (Wildman–Crippen MR) is 64.8 cm³/mol. The van der Waals surface area contributed by atoms with Gasteiger partial charge < -0.3 is 11.1 Å². The number of hydrogen-bond acceptors (Lipinski definition) is 2. The number of nitrogens with one attached hydrogen (secondary N) is 1. The molecule has 0 spiro atoms. The van der Waals surface area contributed by atoms with Gasteiger partial charge in [0.05, 0.1) is 0 Å². The summed E-state index contributed by atoms with van der Waals surface area (Å²) in [5, 5.41) is 3.04. The average molecular weight is 224 g/mol. The van der Waals surface area contributed by atoms with Gasteiger partial charge >= 0.3 is 0 Å². The Bertz CT molecular complexity index is 251. The molecule has 0 heterocycles. The molecule has 92 valence electrons. The van der Waals surface area contributed by atoms with Crippen LogP contribution >= 0.6 is 0 Å². The van der Waals surface area contributed by atoms with Gasteiger partial charge in [0.2, 0.25) is 5.91 Å². The maximum Gasteiger partial charge on any atom is 0.223 e. The number of fused-ring (bicyclic) bond motifs is 2. The van der Waals surface area contributed by atoms with Crippen molar-refractivity contribution in [3.05, 3.63) is 0 Å². The van der Waals surface area contributed by atoms with Gasteiger partial charge in [-0.25, -0.2) is 0 Å². The minimum Gasteiger partial charge on any atom is -0.354 e. The molecule has 2 aliphatic carbocycles. The minimum absolute atomic E-state index is 0.220. The van der Waals surface area contributed by atoms with Crippen molar-refractivity contribution in [3.8, 4) is 0 Å². The van der Waals surface area contributed by atoms with Crippen LogP contribution in [-0.4, -0.2) is 18.0 Å². The highest BCUT2D eigenvalue weighted by Crippen LogP contribution is 2.41. The van der Waals surface area contributed by atoms with Crippen LogP contribution in [0, 0.1) is 17.8 Å². The predicted octanol–water partition coefficient (Wildman–Crippen LogP) is 1.66. The maximum atomic E-state index is 12.0. The van der Waals surface area contributed by atoms with E-state index in [-0.39, 0.29) is 17.9 Å². The number of carbonyl (C=O) groups excluding carboxylic acids is 1. The fraction of sp³-hybridized carbons (Fsp3) is 0.923. The van der Waals surface area contributed by atoms with Crippen LogP contribution in [0.2, 0.25) is 0 Å². The Morgan fingerprint density at radius 2 is 1.81 bits per heavy atom. The van der Waals surface area contributed by atoms with Crippen molar-refractivity contribution in [1.29, 1.82) is 0 Å². The Hall–Kier alpha value is -0.570. The summed E-state index contributed by atoms with van der Waals surface area (Å²) in [7, 11) is 0. The minimum atomic E-state index is 0.220. The van der Waals surface area contributed by atoms with E-state index in [1.54, 1.807) is 0 Å². The van der Waals surface area contributed by atoms with Crippen LogP contribution in [0.4, 0.5) is 0 Å². The van der Waals surface area contributed by atoms with Crippen molar-refractivity contribution in [3.63, 3.8) is 0 Å². The number of carbonyl (C=O) groups is 1. The van der Waals surface area contributed by atoms with E-state index in [1.165, 1.54) is 19.3 Å². The van der Waals surface area contributed by atoms with Crippen LogP contribution in [0.15, 0.2) is 0 Å². The molecule has 3 N–H and O–H groups in total. The first-order chi connectivity index (χ1) is 7.58. The van der Waals surface area contributed by atoms with Crippen molar-refractivity contribution >= 4 is 5.91 Å². The van der Waals surface area contributed by atoms with Gasteiger partial charge in [0.15, 0.2) is 0 Å². The summed E-state index contributed by atoms with van der Waals surface area (Å²) in [5.74, 6) is 1.65. The second-order valence-corrected chi connectivity index (χ2v) is 5.86. The molecule has 2 bridgehead atoms. The normalized spacial score (nSPS) is 38.5. The Labute approximate surface area is 98.2 Å². The lowest BCUT2D eigenvalue weighted by molar-refractivity contribution is -0.128. The van der Waals surface area contributed by atoms with Crippen LogP contribution in [0.3, 0.4) is 0 Å². The molecule has 16 heavy (non-hydrogen) atoms. The lowest BCUT2D eigenvalue weighted by Gasteiger charge is -2.43. The second kappa shape index (κ2) is 4.74. The summed E-state index contributed by atoms with van der Waals surface area (Å²) in [6.45, 7) is 4.04. The van der Waals surface area contributed by atoms with Crippen LogP contribution in [-0.2, 0) is 4.79 Å². The SMILES string of the molecule is CC(C)NC(=O)C1CC2CCCC(C1)C2N. The molecule has 2 unspecified atom stereocenters. The van der Waals surface area contributed by atoms with Crippen LogP contribution in [0.1, 0.15) is 46.0 Å². The molecule has 2 atom stereocenters. The zero-order chi connectivity index (χ0) is 11.7. The number of rotatable bonds is 2. The molecule has 0 saturated heterocycles. The summed E-state index contributed by atoms with van der Waals surface area (Å²) >= 11 is 0. The topological polar surface area (TPSA) is 55.1 Å². The summed E-state index contributed by atoms with van der Waals surface area (Å²) in [4.78, 5) is 12.0. The molecule has 3 heteroatoms. The van der Waals surface area contributed by atoms with Crippen LogP contribution < -0.4 is 11.1 Å². The van der Waals surface area contributed by atoms with Gasteiger partial charge in [-0.2, -0.15) is 0 Å². The van der Waals surface area contributed by atoms with E-state index < -0.39 is 0 Å². The molecule has 0 aromatic rings. The summed E-state index contributed by atoms with van der Waals surface area (Å²) in [6, 6.07) is 0.611. The molecular weight excluding hydrogens is 200 g/mol. The number of hydrogen-bond donors (Lipinski definition) is 2. The van der Waals surface area contributed by atoms with Gasteiger partial charge in [0, 0.05) is 18.0 Å². The Balaban J connectivity index is 1.96. The van der Waals surface area contributed by atoms with Gasteiger partial charge in [-0.3, -0.25) is 4.79 Å². The lowest BCUT2D eigenvalue weighted by atomic mass is 9.65. The smallest absolute Gasteiger partial charge is 0.223 e. The van der Waals surface area contributed by atoms with Gasteiger partial charge in [-0.15, -0.1) is 0 Å². The number of amides is 1. The Morgan fingerprint density at radius 1 is 1.25 bits per heavy atom. The zero-order valence-corrected chi connectivity index (χ0v) is 10.4. The summed E-state index contributed by atoms with van der Waals surface area (Å²) < 4.78 is 0. The molecule has 2 fully saturated rings. The van der Waals surface area contributed by atoms with Crippen molar-refractivity contribution in [2.75, 3.05) is 0 Å². The number of nitrogens with two attached hydrogens (primary N) is 1. The van der Waals surface area contributed by atoms with Crippen LogP contribution in [0.25, 0.3) is 0 Å². The quantitative estimate of drug-likeness (QED) is 0.749. The largest absolute Gasteiger partial charge is 0.354 e. The van der Waals surface area contributed by atoms with E-state index in [0.29, 0.717) is 17.9 Å². The first-order valence-electron chi connectivity index (χ1n) is 6.64. The van der Waals surface area contributed by atoms with E-state index in [1.807, 2.05) is 13.8 Å². The molecule has 0 radical (unpaired) electrons. The van der Waals surface area contributed by atoms with E-state index in [0.717, 1.165) is 12.8 Å². The molecule has 3 nitrogen and oxygen atoms in total. The Morgan fingerprint density at radius 3 is 2.31 bits per heavy atom. The molecule has 0 aliphatic heterocycles. The third kappa shape index (κ3) is 2.40. The fourth-order valence-electron chi connectivity index (χ4n) is 3.41. The highest BCUT2D eigenvalue weighted by molar-refractivity contribution is 5.79. The first kappa shape index (κ1) is 11.9. The molecule has 0 aromatic carbocycles. The van der Waals surface area contributed by atoms with Crippen LogP contribution in [0.5, 0.6) is 0 Å². The van der Waals surface area contributed by atoms with Crippen molar-refractivity contribution < 1.29 is 4.79 Å².